The van der Waals surface area contributed by atoms with Crippen molar-refractivity contribution in [2.45, 2.75) is 0 Å². The third-order valence-corrected chi connectivity index (χ3v) is 1.03. The Hall–Kier alpha value is -1.40. The lowest BCUT2D eigenvalue weighted by molar-refractivity contribution is 0.937. The Balaban J connectivity index is 2.59. The van der Waals surface area contributed by atoms with Crippen molar-refractivity contribution in [2.24, 2.45) is 0 Å². The van der Waals surface area contributed by atoms with Crippen LogP contribution in [-0.4, -0.2) is 23.6 Å². The SMILES string of the molecule is CNCC#Cc1ncccn1. The van der Waals surface area contributed by atoms with Crippen molar-refractivity contribution in [3.63, 3.8) is 0 Å². The highest BCUT2D eigenvalue weighted by molar-refractivity contribution is 5.19. The van der Waals surface area contributed by atoms with E-state index in [2.05, 4.69) is 27.1 Å². The predicted octanol–water partition coefficient (Wildman–Crippen LogP) is 0.0475. The van der Waals surface area contributed by atoms with Gasteiger partial charge in [-0.1, -0.05) is 5.92 Å². The van der Waals surface area contributed by atoms with Gasteiger partial charge in [0.1, 0.15) is 0 Å². The number of nitrogens with zero attached hydrogens (tertiary/aromatic N) is 2. The number of nitrogens with one attached hydrogen (secondary N) is 1. The minimum absolute atomic E-state index is 0.572. The van der Waals surface area contributed by atoms with Gasteiger partial charge in [0.15, 0.2) is 0 Å². The van der Waals surface area contributed by atoms with E-state index in [4.69, 9.17) is 0 Å². The molecule has 0 atom stereocenters. The lowest BCUT2D eigenvalue weighted by atomic mass is 10.5. The monoisotopic (exact) mass is 147 g/mol. The lowest BCUT2D eigenvalue weighted by Crippen LogP contribution is -2.04. The molecule has 3 heteroatoms. The van der Waals surface area contributed by atoms with Crippen LogP contribution in [0.1, 0.15) is 5.82 Å². The van der Waals surface area contributed by atoms with Gasteiger partial charge in [-0.25, -0.2) is 9.97 Å². The summed E-state index contributed by atoms with van der Waals surface area (Å²) in [5.41, 5.74) is 0. The van der Waals surface area contributed by atoms with Crippen LogP contribution in [0.3, 0.4) is 0 Å². The minimum atomic E-state index is 0.572. The van der Waals surface area contributed by atoms with Gasteiger partial charge in [-0.2, -0.15) is 0 Å². The Morgan fingerprint density at radius 1 is 1.45 bits per heavy atom. The van der Waals surface area contributed by atoms with Crippen LogP contribution >= 0.6 is 0 Å². The van der Waals surface area contributed by atoms with Crippen LogP contribution < -0.4 is 5.32 Å². The number of rotatable bonds is 1. The first-order valence-corrected chi connectivity index (χ1v) is 3.34. The summed E-state index contributed by atoms with van der Waals surface area (Å²) in [7, 11) is 1.85. The smallest absolute Gasteiger partial charge is 0.204 e. The molecule has 0 fully saturated rings. The van der Waals surface area contributed by atoms with Crippen LogP contribution in [0.15, 0.2) is 18.5 Å². The molecule has 0 aromatic carbocycles. The summed E-state index contributed by atoms with van der Waals surface area (Å²) < 4.78 is 0. The molecule has 0 bridgehead atoms. The number of hydrogen-bond acceptors (Lipinski definition) is 3. The zero-order chi connectivity index (χ0) is 7.94. The summed E-state index contributed by atoms with van der Waals surface area (Å²) in [6.45, 7) is 0.665. The molecule has 1 rings (SSSR count). The van der Waals surface area contributed by atoms with Gasteiger partial charge in [0.2, 0.25) is 5.82 Å². The Kier molecular flexibility index (Phi) is 3.10. The van der Waals surface area contributed by atoms with E-state index in [1.165, 1.54) is 0 Å². The Morgan fingerprint density at radius 2 is 2.18 bits per heavy atom. The molecule has 11 heavy (non-hydrogen) atoms. The summed E-state index contributed by atoms with van der Waals surface area (Å²) in [5, 5.41) is 2.91. The molecule has 1 aromatic heterocycles. The molecule has 0 aliphatic heterocycles. The zero-order valence-electron chi connectivity index (χ0n) is 6.33. The maximum Gasteiger partial charge on any atom is 0.204 e. The first kappa shape index (κ1) is 7.70. The first-order chi connectivity index (χ1) is 5.43. The topological polar surface area (TPSA) is 37.8 Å². The van der Waals surface area contributed by atoms with Gasteiger partial charge in [-0.3, -0.25) is 0 Å². The fourth-order valence-electron chi connectivity index (χ4n) is 0.575. The molecular weight excluding hydrogens is 138 g/mol. The molecule has 0 spiro atoms. The molecule has 0 amide bonds. The lowest BCUT2D eigenvalue weighted by Gasteiger charge is -1.85. The Labute approximate surface area is 65.9 Å². The van der Waals surface area contributed by atoms with Crippen molar-refractivity contribution in [2.75, 3.05) is 13.6 Å². The number of hydrogen-bond donors (Lipinski definition) is 1. The van der Waals surface area contributed by atoms with E-state index in [-0.39, 0.29) is 0 Å². The second-order valence-corrected chi connectivity index (χ2v) is 1.90. The average Bonchev–Trinajstić information content (AvgIpc) is 2.07. The molecule has 1 aromatic rings. The van der Waals surface area contributed by atoms with E-state index in [0.717, 1.165) is 0 Å². The first-order valence-electron chi connectivity index (χ1n) is 3.34. The van der Waals surface area contributed by atoms with Gasteiger partial charge in [-0.15, -0.1) is 0 Å². The Morgan fingerprint density at radius 3 is 2.82 bits per heavy atom. The molecule has 0 saturated carbocycles. The average molecular weight is 147 g/mol. The second-order valence-electron chi connectivity index (χ2n) is 1.90. The van der Waals surface area contributed by atoms with Crippen molar-refractivity contribution in [3.05, 3.63) is 24.3 Å². The molecule has 0 radical (unpaired) electrons. The van der Waals surface area contributed by atoms with Gasteiger partial charge < -0.3 is 5.32 Å². The standard InChI is InChI=1S/C8H9N3/c1-9-5-2-4-8-10-6-3-7-11-8/h3,6-7,9H,5H2,1H3. The minimum Gasteiger partial charge on any atom is -0.309 e. The van der Waals surface area contributed by atoms with E-state index in [1.807, 2.05) is 7.05 Å². The van der Waals surface area contributed by atoms with Crippen molar-refractivity contribution in [1.29, 1.82) is 0 Å². The van der Waals surface area contributed by atoms with Gasteiger partial charge in [-0.05, 0) is 19.0 Å². The normalized spacial score (nSPS) is 8.45. The second kappa shape index (κ2) is 4.42. The molecule has 56 valence electrons. The molecule has 0 saturated heterocycles. The highest BCUT2D eigenvalue weighted by Gasteiger charge is 1.82. The van der Waals surface area contributed by atoms with E-state index in [1.54, 1.807) is 18.5 Å². The Bertz CT molecular complexity index is 258. The van der Waals surface area contributed by atoms with Gasteiger partial charge in [0.05, 0.1) is 6.54 Å². The molecule has 3 nitrogen and oxygen atoms in total. The van der Waals surface area contributed by atoms with Crippen LogP contribution in [0.4, 0.5) is 0 Å². The largest absolute Gasteiger partial charge is 0.309 e. The summed E-state index contributed by atoms with van der Waals surface area (Å²) >= 11 is 0. The van der Waals surface area contributed by atoms with Crippen LogP contribution in [-0.2, 0) is 0 Å². The van der Waals surface area contributed by atoms with Crippen LogP contribution in [0, 0.1) is 11.8 Å². The third-order valence-electron chi connectivity index (χ3n) is 1.03. The van der Waals surface area contributed by atoms with Crippen LogP contribution in [0.25, 0.3) is 0 Å². The highest BCUT2D eigenvalue weighted by Crippen LogP contribution is 1.81. The van der Waals surface area contributed by atoms with E-state index >= 15 is 0 Å². The van der Waals surface area contributed by atoms with E-state index in [0.29, 0.717) is 12.4 Å². The maximum absolute atomic E-state index is 3.94. The molecule has 0 aliphatic carbocycles. The van der Waals surface area contributed by atoms with Crippen molar-refractivity contribution in [3.8, 4) is 11.8 Å². The molecule has 1 heterocycles. The van der Waals surface area contributed by atoms with Gasteiger partial charge >= 0.3 is 0 Å². The summed E-state index contributed by atoms with van der Waals surface area (Å²) in [5.74, 6) is 6.25. The van der Waals surface area contributed by atoms with Gasteiger partial charge in [0.25, 0.3) is 0 Å². The zero-order valence-corrected chi connectivity index (χ0v) is 6.33. The van der Waals surface area contributed by atoms with E-state index in [9.17, 15) is 0 Å². The number of aromatic nitrogens is 2. The molecule has 0 unspecified atom stereocenters. The van der Waals surface area contributed by atoms with Crippen LogP contribution in [0.5, 0.6) is 0 Å². The van der Waals surface area contributed by atoms with E-state index < -0.39 is 0 Å². The molecular formula is C8H9N3. The van der Waals surface area contributed by atoms with Crippen molar-refractivity contribution < 1.29 is 0 Å². The predicted molar refractivity (Wildman–Crippen MR) is 42.8 cm³/mol. The molecule has 1 N–H and O–H groups in total. The summed E-state index contributed by atoms with van der Waals surface area (Å²) in [6.07, 6.45) is 3.35. The van der Waals surface area contributed by atoms with Crippen molar-refractivity contribution >= 4 is 0 Å². The maximum atomic E-state index is 3.94. The fourth-order valence-corrected chi connectivity index (χ4v) is 0.575. The van der Waals surface area contributed by atoms with Gasteiger partial charge in [0, 0.05) is 12.4 Å². The molecule has 0 aliphatic rings. The van der Waals surface area contributed by atoms with Crippen molar-refractivity contribution in [1.82, 2.24) is 15.3 Å². The van der Waals surface area contributed by atoms with Crippen LogP contribution in [0.2, 0.25) is 0 Å². The third kappa shape index (κ3) is 2.78. The quantitative estimate of drug-likeness (QED) is 0.570. The highest BCUT2D eigenvalue weighted by atomic mass is 14.8. The summed E-state index contributed by atoms with van der Waals surface area (Å²) in [4.78, 5) is 7.88. The fraction of sp³-hybridized carbons (Fsp3) is 0.250. The summed E-state index contributed by atoms with van der Waals surface area (Å²) in [6, 6.07) is 1.77.